The van der Waals surface area contributed by atoms with Crippen LogP contribution in [-0.4, -0.2) is 48.7 Å². The van der Waals surface area contributed by atoms with E-state index in [1.165, 1.54) is 10.5 Å². The number of rotatable bonds is 5. The van der Waals surface area contributed by atoms with Crippen LogP contribution >= 0.6 is 0 Å². The Hall–Kier alpha value is -1.86. The number of piperidine rings is 1. The molecule has 7 heteroatoms. The minimum atomic E-state index is -3.51. The number of benzene rings is 1. The first-order chi connectivity index (χ1) is 11.5. The number of aromatic nitrogens is 2. The molecule has 1 aromatic heterocycles. The van der Waals surface area contributed by atoms with Gasteiger partial charge < -0.3 is 4.90 Å². The summed E-state index contributed by atoms with van der Waals surface area (Å²) in [7, 11) is -1.83. The second kappa shape index (κ2) is 6.94. The fourth-order valence-corrected chi connectivity index (χ4v) is 4.47. The van der Waals surface area contributed by atoms with E-state index in [-0.39, 0.29) is 10.9 Å². The second-order valence-electron chi connectivity index (χ2n) is 6.13. The molecule has 1 atom stereocenters. The normalized spacial score (nSPS) is 19.0. The molecule has 0 N–H and O–H groups in total. The first kappa shape index (κ1) is 17.0. The summed E-state index contributed by atoms with van der Waals surface area (Å²) >= 11 is 0. The molecule has 1 aliphatic rings. The summed E-state index contributed by atoms with van der Waals surface area (Å²) < 4.78 is 28.9. The van der Waals surface area contributed by atoms with Gasteiger partial charge in [-0.1, -0.05) is 18.2 Å². The van der Waals surface area contributed by atoms with Crippen LogP contribution in [0, 0.1) is 0 Å². The first-order valence-electron chi connectivity index (χ1n) is 8.33. The van der Waals surface area contributed by atoms with E-state index in [0.29, 0.717) is 13.1 Å². The van der Waals surface area contributed by atoms with Gasteiger partial charge in [-0.2, -0.15) is 9.40 Å². The van der Waals surface area contributed by atoms with E-state index in [0.717, 1.165) is 25.1 Å². The van der Waals surface area contributed by atoms with Crippen LogP contribution in [0.3, 0.4) is 0 Å². The highest BCUT2D eigenvalue weighted by atomic mass is 32.2. The molecule has 0 unspecified atom stereocenters. The monoisotopic (exact) mass is 348 g/mol. The largest absolute Gasteiger partial charge is 0.370 e. The Kier molecular flexibility index (Phi) is 4.91. The maximum absolute atomic E-state index is 12.9. The number of anilines is 1. The first-order valence-corrected chi connectivity index (χ1v) is 9.77. The van der Waals surface area contributed by atoms with Crippen LogP contribution in [0.1, 0.15) is 19.8 Å². The summed E-state index contributed by atoms with van der Waals surface area (Å²) in [5.41, 5.74) is 1.15. The molecule has 0 amide bonds. The Balaban J connectivity index is 1.77. The minimum absolute atomic E-state index is 0.0334. The lowest BCUT2D eigenvalue weighted by atomic mass is 10.1. The number of nitrogens with zero attached hydrogens (tertiary/aromatic N) is 4. The second-order valence-corrected chi connectivity index (χ2v) is 8.13. The van der Waals surface area contributed by atoms with Gasteiger partial charge in [-0.05, 0) is 31.9 Å². The number of aryl methyl sites for hydroxylation is 1. The Labute approximate surface area is 143 Å². The molecule has 2 heterocycles. The fraction of sp³-hybridized carbons (Fsp3) is 0.471. The molecule has 0 saturated carbocycles. The Bertz CT molecular complexity index is 773. The lowest BCUT2D eigenvalue weighted by Gasteiger charge is -2.38. The van der Waals surface area contributed by atoms with Crippen molar-refractivity contribution in [3.05, 3.63) is 42.7 Å². The van der Waals surface area contributed by atoms with Gasteiger partial charge in [0, 0.05) is 44.6 Å². The molecule has 1 fully saturated rings. The molecule has 3 rings (SSSR count). The van der Waals surface area contributed by atoms with Gasteiger partial charge in [0.25, 0.3) is 0 Å². The van der Waals surface area contributed by atoms with Crippen LogP contribution in [0.25, 0.3) is 0 Å². The molecule has 0 spiro atoms. The van der Waals surface area contributed by atoms with Gasteiger partial charge in [-0.15, -0.1) is 0 Å². The lowest BCUT2D eigenvalue weighted by molar-refractivity contribution is 0.320. The summed E-state index contributed by atoms with van der Waals surface area (Å²) in [5, 5.41) is 4.09. The van der Waals surface area contributed by atoms with Crippen molar-refractivity contribution in [1.82, 2.24) is 14.1 Å². The van der Waals surface area contributed by atoms with Gasteiger partial charge in [0.15, 0.2) is 0 Å². The highest BCUT2D eigenvalue weighted by molar-refractivity contribution is 7.89. The smallest absolute Gasteiger partial charge is 0.246 e. The molecule has 130 valence electrons. The highest BCUT2D eigenvalue weighted by Crippen LogP contribution is 2.25. The van der Waals surface area contributed by atoms with E-state index < -0.39 is 10.0 Å². The zero-order chi connectivity index (χ0) is 17.2. The lowest BCUT2D eigenvalue weighted by Crippen LogP contribution is -2.48. The van der Waals surface area contributed by atoms with Crippen molar-refractivity contribution in [2.45, 2.75) is 37.2 Å². The van der Waals surface area contributed by atoms with Gasteiger partial charge in [0.1, 0.15) is 4.90 Å². The van der Waals surface area contributed by atoms with E-state index in [1.807, 2.05) is 25.1 Å². The van der Waals surface area contributed by atoms with Crippen LogP contribution in [-0.2, 0) is 16.6 Å². The van der Waals surface area contributed by atoms with Crippen LogP contribution in [0.4, 0.5) is 5.69 Å². The third-order valence-electron chi connectivity index (χ3n) is 4.64. The SMILES string of the molecule is CCn1cc(S(=O)(=O)N(C)[C@@H]2CCCN(c3ccccc3)C2)cn1. The Morgan fingerprint density at radius 2 is 2.04 bits per heavy atom. The predicted molar refractivity (Wildman–Crippen MR) is 94.5 cm³/mol. The van der Waals surface area contributed by atoms with Gasteiger partial charge in [-0.3, -0.25) is 4.68 Å². The van der Waals surface area contributed by atoms with E-state index >= 15 is 0 Å². The van der Waals surface area contributed by atoms with Gasteiger partial charge in [0.05, 0.1) is 6.20 Å². The van der Waals surface area contributed by atoms with Gasteiger partial charge in [0.2, 0.25) is 10.0 Å². The van der Waals surface area contributed by atoms with Crippen LogP contribution < -0.4 is 4.90 Å². The summed E-state index contributed by atoms with van der Waals surface area (Å²) in [6.07, 6.45) is 4.89. The molecule has 6 nitrogen and oxygen atoms in total. The van der Waals surface area contributed by atoms with E-state index in [2.05, 4.69) is 22.1 Å². The maximum atomic E-state index is 12.9. The summed E-state index contributed by atoms with van der Waals surface area (Å²) in [6.45, 7) is 4.26. The zero-order valence-corrected chi connectivity index (χ0v) is 15.0. The highest BCUT2D eigenvalue weighted by Gasteiger charge is 2.32. The number of para-hydroxylation sites is 1. The van der Waals surface area contributed by atoms with E-state index in [4.69, 9.17) is 0 Å². The minimum Gasteiger partial charge on any atom is -0.370 e. The van der Waals surface area contributed by atoms with Crippen molar-refractivity contribution >= 4 is 15.7 Å². The number of sulfonamides is 1. The van der Waals surface area contributed by atoms with Crippen molar-refractivity contribution in [2.75, 3.05) is 25.0 Å². The molecular weight excluding hydrogens is 324 g/mol. The molecule has 1 saturated heterocycles. The Morgan fingerprint density at radius 3 is 2.71 bits per heavy atom. The third-order valence-corrected chi connectivity index (χ3v) is 6.51. The van der Waals surface area contributed by atoms with Gasteiger partial charge >= 0.3 is 0 Å². The Morgan fingerprint density at radius 1 is 1.29 bits per heavy atom. The summed E-state index contributed by atoms with van der Waals surface area (Å²) in [6, 6.07) is 10.1. The van der Waals surface area contributed by atoms with Crippen LogP contribution in [0.15, 0.2) is 47.6 Å². The predicted octanol–water partition coefficient (Wildman–Crippen LogP) is 2.19. The molecule has 1 aliphatic heterocycles. The topological polar surface area (TPSA) is 58.4 Å². The zero-order valence-electron chi connectivity index (χ0n) is 14.2. The van der Waals surface area contributed by atoms with Crippen LogP contribution in [0.2, 0.25) is 0 Å². The molecule has 2 aromatic rings. The molecule has 24 heavy (non-hydrogen) atoms. The number of likely N-dealkylation sites (N-methyl/N-ethyl adjacent to an activating group) is 1. The summed E-state index contributed by atoms with van der Waals surface area (Å²) in [4.78, 5) is 2.53. The quantitative estimate of drug-likeness (QED) is 0.831. The van der Waals surface area contributed by atoms with E-state index in [9.17, 15) is 8.42 Å². The number of hydrogen-bond donors (Lipinski definition) is 0. The average Bonchev–Trinajstić information content (AvgIpc) is 3.12. The van der Waals surface area contributed by atoms with Crippen LogP contribution in [0.5, 0.6) is 0 Å². The van der Waals surface area contributed by atoms with Crippen molar-refractivity contribution in [3.8, 4) is 0 Å². The van der Waals surface area contributed by atoms with Crippen molar-refractivity contribution in [1.29, 1.82) is 0 Å². The standard InChI is InChI=1S/C17H24N4O2S/c1-3-21-14-17(12-18-21)24(22,23)19(2)16-10-7-11-20(13-16)15-8-5-4-6-9-15/h4-6,8-9,12,14,16H,3,7,10-11,13H2,1-2H3/t16-/m1/s1. The average molecular weight is 348 g/mol. The van der Waals surface area contributed by atoms with E-state index in [1.54, 1.807) is 17.9 Å². The fourth-order valence-electron chi connectivity index (χ4n) is 3.14. The summed E-state index contributed by atoms with van der Waals surface area (Å²) in [5.74, 6) is 0. The molecular formula is C17H24N4O2S. The maximum Gasteiger partial charge on any atom is 0.246 e. The number of hydrogen-bond acceptors (Lipinski definition) is 4. The third kappa shape index (κ3) is 3.32. The molecule has 0 radical (unpaired) electrons. The van der Waals surface area contributed by atoms with Gasteiger partial charge in [-0.25, -0.2) is 8.42 Å². The molecule has 0 bridgehead atoms. The van der Waals surface area contributed by atoms with Crippen molar-refractivity contribution < 1.29 is 8.42 Å². The van der Waals surface area contributed by atoms with Crippen molar-refractivity contribution in [2.24, 2.45) is 0 Å². The molecule has 1 aromatic carbocycles. The molecule has 0 aliphatic carbocycles. The van der Waals surface area contributed by atoms with Crippen molar-refractivity contribution in [3.63, 3.8) is 0 Å².